The van der Waals surface area contributed by atoms with E-state index in [0.717, 1.165) is 19.4 Å². The molecule has 3 heteroatoms. The van der Waals surface area contributed by atoms with Crippen LogP contribution in [-0.4, -0.2) is 25.1 Å². The highest BCUT2D eigenvalue weighted by Crippen LogP contribution is 2.02. The lowest BCUT2D eigenvalue weighted by Gasteiger charge is -2.15. The van der Waals surface area contributed by atoms with Crippen LogP contribution in [0.25, 0.3) is 0 Å². The van der Waals surface area contributed by atoms with Gasteiger partial charge in [0, 0.05) is 13.2 Å². The second-order valence-corrected chi connectivity index (χ2v) is 2.63. The Hall–Kier alpha value is -0.570. The second kappa shape index (κ2) is 7.10. The van der Waals surface area contributed by atoms with Crippen molar-refractivity contribution in [3.05, 3.63) is 0 Å². The Morgan fingerprint density at radius 2 is 2.08 bits per heavy atom. The van der Waals surface area contributed by atoms with Gasteiger partial charge in [-0.05, 0) is 20.3 Å². The smallest absolute Gasteiger partial charge is 0.123 e. The predicted octanol–water partition coefficient (Wildman–Crippen LogP) is 1.57. The fourth-order valence-corrected chi connectivity index (χ4v) is 1.06. The monoisotopic (exact) mass is 172 g/mol. The summed E-state index contributed by atoms with van der Waals surface area (Å²) < 4.78 is 5.44. The molecule has 0 spiro atoms. The Balaban J connectivity index is 3.98. The first-order valence-corrected chi connectivity index (χ1v) is 4.67. The largest absolute Gasteiger partial charge is 0.385 e. The molecule has 2 N–H and O–H groups in total. The molecule has 0 aromatic rings. The van der Waals surface area contributed by atoms with Crippen LogP contribution in [0.1, 0.15) is 33.6 Å². The predicted molar refractivity (Wildman–Crippen MR) is 52.5 cm³/mol. The van der Waals surface area contributed by atoms with E-state index < -0.39 is 0 Å². The van der Waals surface area contributed by atoms with E-state index in [1.807, 2.05) is 13.8 Å². The van der Waals surface area contributed by atoms with E-state index in [9.17, 15) is 0 Å². The van der Waals surface area contributed by atoms with Gasteiger partial charge in [-0.1, -0.05) is 13.3 Å². The molecular formula is C9H20N2O. The summed E-state index contributed by atoms with van der Waals surface area (Å²) in [5.74, 6) is 0.640. The van der Waals surface area contributed by atoms with Crippen LogP contribution < -0.4 is 5.73 Å². The van der Waals surface area contributed by atoms with Gasteiger partial charge in [-0.15, -0.1) is 0 Å². The first-order valence-electron chi connectivity index (χ1n) is 4.67. The fourth-order valence-electron chi connectivity index (χ4n) is 1.06. The van der Waals surface area contributed by atoms with Crippen LogP contribution in [0, 0.1) is 0 Å². The quantitative estimate of drug-likeness (QED) is 0.488. The van der Waals surface area contributed by atoms with Gasteiger partial charge in [0.15, 0.2) is 0 Å². The van der Waals surface area contributed by atoms with Gasteiger partial charge in [0.25, 0.3) is 0 Å². The van der Waals surface area contributed by atoms with Crippen molar-refractivity contribution >= 4 is 5.84 Å². The first kappa shape index (κ1) is 11.4. The van der Waals surface area contributed by atoms with Gasteiger partial charge in [0.2, 0.25) is 0 Å². The molecule has 0 aliphatic rings. The summed E-state index contributed by atoms with van der Waals surface area (Å²) in [4.78, 5) is 4.13. The molecule has 1 atom stereocenters. The number of rotatable bonds is 6. The van der Waals surface area contributed by atoms with Gasteiger partial charge in [0.05, 0.1) is 0 Å². The van der Waals surface area contributed by atoms with E-state index >= 15 is 0 Å². The van der Waals surface area contributed by atoms with E-state index in [0.29, 0.717) is 12.4 Å². The molecule has 0 fully saturated rings. The van der Waals surface area contributed by atoms with Crippen molar-refractivity contribution in [1.82, 2.24) is 0 Å². The van der Waals surface area contributed by atoms with Crippen LogP contribution in [0.2, 0.25) is 0 Å². The summed E-state index contributed by atoms with van der Waals surface area (Å²) in [6.07, 6.45) is 2.06. The second-order valence-electron chi connectivity index (χ2n) is 2.63. The topological polar surface area (TPSA) is 47.6 Å². The van der Waals surface area contributed by atoms with Gasteiger partial charge in [-0.2, -0.15) is 0 Å². The lowest BCUT2D eigenvalue weighted by molar-refractivity contribution is 0.102. The SMILES string of the molecule is CCCC(OCC)C(N)=NCC. The third kappa shape index (κ3) is 4.34. The van der Waals surface area contributed by atoms with Crippen molar-refractivity contribution in [2.45, 2.75) is 39.7 Å². The summed E-state index contributed by atoms with van der Waals surface area (Å²) in [7, 11) is 0. The molecule has 0 aromatic carbocycles. The number of hydrogen-bond acceptors (Lipinski definition) is 2. The maximum atomic E-state index is 5.73. The van der Waals surface area contributed by atoms with Crippen molar-refractivity contribution in [2.24, 2.45) is 10.7 Å². The summed E-state index contributed by atoms with van der Waals surface area (Å²) in [5.41, 5.74) is 5.73. The van der Waals surface area contributed by atoms with E-state index in [4.69, 9.17) is 10.5 Å². The molecule has 0 aliphatic heterocycles. The van der Waals surface area contributed by atoms with Crippen molar-refractivity contribution in [2.75, 3.05) is 13.2 Å². The van der Waals surface area contributed by atoms with Crippen LogP contribution in [-0.2, 0) is 4.74 Å². The molecular weight excluding hydrogens is 152 g/mol. The van der Waals surface area contributed by atoms with E-state index in [1.54, 1.807) is 0 Å². The molecule has 12 heavy (non-hydrogen) atoms. The number of amidine groups is 1. The Morgan fingerprint density at radius 3 is 2.50 bits per heavy atom. The molecule has 0 heterocycles. The number of nitrogens with two attached hydrogens (primary N) is 1. The summed E-state index contributed by atoms with van der Waals surface area (Å²) >= 11 is 0. The van der Waals surface area contributed by atoms with Gasteiger partial charge in [-0.25, -0.2) is 0 Å². The minimum absolute atomic E-state index is 0.0277. The van der Waals surface area contributed by atoms with Crippen LogP contribution in [0.5, 0.6) is 0 Å². The average Bonchev–Trinajstić information content (AvgIpc) is 2.04. The molecule has 0 radical (unpaired) electrons. The molecule has 3 nitrogen and oxygen atoms in total. The van der Waals surface area contributed by atoms with Crippen LogP contribution >= 0.6 is 0 Å². The highest BCUT2D eigenvalue weighted by atomic mass is 16.5. The number of aliphatic imine (C=N–C) groups is 1. The van der Waals surface area contributed by atoms with E-state index in [1.165, 1.54) is 0 Å². The van der Waals surface area contributed by atoms with E-state index in [-0.39, 0.29) is 6.10 Å². The van der Waals surface area contributed by atoms with Crippen molar-refractivity contribution in [3.8, 4) is 0 Å². The highest BCUT2D eigenvalue weighted by molar-refractivity contribution is 5.84. The van der Waals surface area contributed by atoms with Crippen LogP contribution in [0.15, 0.2) is 4.99 Å². The molecule has 0 aromatic heterocycles. The Morgan fingerprint density at radius 1 is 1.42 bits per heavy atom. The van der Waals surface area contributed by atoms with Gasteiger partial charge >= 0.3 is 0 Å². The molecule has 0 aliphatic carbocycles. The molecule has 0 bridgehead atoms. The first-order chi connectivity index (χ1) is 5.76. The Labute approximate surface area is 75.0 Å². The minimum Gasteiger partial charge on any atom is -0.385 e. The third-order valence-corrected chi connectivity index (χ3v) is 1.59. The third-order valence-electron chi connectivity index (χ3n) is 1.59. The van der Waals surface area contributed by atoms with Gasteiger partial charge < -0.3 is 10.5 Å². The number of ether oxygens (including phenoxy) is 1. The molecule has 0 saturated heterocycles. The minimum atomic E-state index is 0.0277. The molecule has 72 valence electrons. The fraction of sp³-hybridized carbons (Fsp3) is 0.889. The normalized spacial score (nSPS) is 14.8. The lowest BCUT2D eigenvalue weighted by Crippen LogP contribution is -2.31. The zero-order chi connectivity index (χ0) is 9.40. The van der Waals surface area contributed by atoms with Crippen molar-refractivity contribution < 1.29 is 4.74 Å². The van der Waals surface area contributed by atoms with Crippen LogP contribution in [0.3, 0.4) is 0 Å². The Bertz CT molecular complexity index is 128. The van der Waals surface area contributed by atoms with E-state index in [2.05, 4.69) is 11.9 Å². The zero-order valence-electron chi connectivity index (χ0n) is 8.34. The van der Waals surface area contributed by atoms with Crippen LogP contribution in [0.4, 0.5) is 0 Å². The molecule has 1 unspecified atom stereocenters. The summed E-state index contributed by atoms with van der Waals surface area (Å²) in [6.45, 7) is 7.50. The van der Waals surface area contributed by atoms with Crippen molar-refractivity contribution in [3.63, 3.8) is 0 Å². The number of nitrogens with zero attached hydrogens (tertiary/aromatic N) is 1. The number of hydrogen-bond donors (Lipinski definition) is 1. The molecule has 0 amide bonds. The van der Waals surface area contributed by atoms with Crippen molar-refractivity contribution in [1.29, 1.82) is 0 Å². The highest BCUT2D eigenvalue weighted by Gasteiger charge is 2.10. The maximum absolute atomic E-state index is 5.73. The Kier molecular flexibility index (Phi) is 6.76. The van der Waals surface area contributed by atoms with Gasteiger partial charge in [0.1, 0.15) is 11.9 Å². The molecule has 0 rings (SSSR count). The average molecular weight is 172 g/mol. The molecule has 0 saturated carbocycles. The summed E-state index contributed by atoms with van der Waals surface area (Å²) in [5, 5.41) is 0. The zero-order valence-corrected chi connectivity index (χ0v) is 8.34. The lowest BCUT2D eigenvalue weighted by atomic mass is 10.2. The summed E-state index contributed by atoms with van der Waals surface area (Å²) in [6, 6.07) is 0. The maximum Gasteiger partial charge on any atom is 0.123 e. The standard InChI is InChI=1S/C9H20N2O/c1-4-7-8(12-6-3)9(10)11-5-2/h8H,4-7H2,1-3H3,(H2,10,11). The van der Waals surface area contributed by atoms with Gasteiger partial charge in [-0.3, -0.25) is 4.99 Å².